The van der Waals surface area contributed by atoms with Gasteiger partial charge in [-0.1, -0.05) is 45.9 Å². The van der Waals surface area contributed by atoms with Gasteiger partial charge >= 0.3 is 0 Å². The summed E-state index contributed by atoms with van der Waals surface area (Å²) in [6.45, 7) is 8.45. The van der Waals surface area contributed by atoms with Crippen LogP contribution in [0.4, 0.5) is 5.82 Å². The van der Waals surface area contributed by atoms with Crippen molar-refractivity contribution in [2.75, 3.05) is 5.73 Å². The van der Waals surface area contributed by atoms with E-state index in [9.17, 15) is 0 Å². The minimum absolute atomic E-state index is 0.00273. The molecule has 0 radical (unpaired) electrons. The van der Waals surface area contributed by atoms with E-state index < -0.39 is 0 Å². The molecule has 1 aromatic heterocycles. The van der Waals surface area contributed by atoms with E-state index >= 15 is 0 Å². The first-order valence-electron chi connectivity index (χ1n) is 6.81. The van der Waals surface area contributed by atoms with Gasteiger partial charge in [0.05, 0.1) is 0 Å². The van der Waals surface area contributed by atoms with Crippen LogP contribution in [0.2, 0.25) is 0 Å². The van der Waals surface area contributed by atoms with Gasteiger partial charge in [-0.25, -0.2) is 4.98 Å². The molecule has 0 saturated heterocycles. The number of rotatable bonds is 3. The number of benzene rings is 1. The van der Waals surface area contributed by atoms with Crippen molar-refractivity contribution >= 4 is 5.82 Å². The minimum Gasteiger partial charge on any atom is -0.439 e. The van der Waals surface area contributed by atoms with E-state index in [0.29, 0.717) is 17.5 Å². The summed E-state index contributed by atoms with van der Waals surface area (Å²) < 4.78 is 5.93. The molecule has 0 fully saturated rings. The third-order valence-electron chi connectivity index (χ3n) is 2.99. The standard InChI is InChI=1S/C16H21N3O/c1-5-14-18-13(17)10-15(19-14)20-12-9-7-6-8-11(12)16(2,3)4/h6-10H,5H2,1-4H3,(H2,17,18,19). The number of anilines is 1. The van der Waals surface area contributed by atoms with E-state index in [1.54, 1.807) is 6.07 Å². The molecule has 4 heteroatoms. The molecule has 2 N–H and O–H groups in total. The molecule has 1 heterocycles. The maximum Gasteiger partial charge on any atom is 0.224 e. The molecule has 0 unspecified atom stereocenters. The summed E-state index contributed by atoms with van der Waals surface area (Å²) in [5.41, 5.74) is 6.92. The van der Waals surface area contributed by atoms with Gasteiger partial charge < -0.3 is 10.5 Å². The fourth-order valence-electron chi connectivity index (χ4n) is 1.99. The van der Waals surface area contributed by atoms with Gasteiger partial charge in [0.15, 0.2) is 0 Å². The lowest BCUT2D eigenvalue weighted by atomic mass is 9.86. The first-order valence-corrected chi connectivity index (χ1v) is 6.81. The van der Waals surface area contributed by atoms with Gasteiger partial charge in [0, 0.05) is 18.1 Å². The SMILES string of the molecule is CCc1nc(N)cc(Oc2ccccc2C(C)(C)C)n1. The lowest BCUT2D eigenvalue weighted by Crippen LogP contribution is -2.12. The molecule has 4 nitrogen and oxygen atoms in total. The number of ether oxygens (including phenoxy) is 1. The zero-order valence-corrected chi connectivity index (χ0v) is 12.5. The summed E-state index contributed by atoms with van der Waals surface area (Å²) in [6.07, 6.45) is 0.725. The molecule has 0 atom stereocenters. The van der Waals surface area contributed by atoms with Crippen LogP contribution in [0.15, 0.2) is 30.3 Å². The van der Waals surface area contributed by atoms with Crippen molar-refractivity contribution in [1.82, 2.24) is 9.97 Å². The molecule has 0 aliphatic heterocycles. The van der Waals surface area contributed by atoms with Crippen LogP contribution in [-0.4, -0.2) is 9.97 Å². The molecular formula is C16H21N3O. The Morgan fingerprint density at radius 3 is 2.50 bits per heavy atom. The normalized spacial score (nSPS) is 11.4. The molecule has 0 bridgehead atoms. The Morgan fingerprint density at radius 1 is 1.15 bits per heavy atom. The fraction of sp³-hybridized carbons (Fsp3) is 0.375. The average molecular weight is 271 g/mol. The Morgan fingerprint density at radius 2 is 1.85 bits per heavy atom. The van der Waals surface area contributed by atoms with Crippen LogP contribution in [0.1, 0.15) is 39.1 Å². The molecule has 106 valence electrons. The summed E-state index contributed by atoms with van der Waals surface area (Å²) in [4.78, 5) is 8.51. The monoisotopic (exact) mass is 271 g/mol. The molecule has 0 aliphatic carbocycles. The lowest BCUT2D eigenvalue weighted by molar-refractivity contribution is 0.437. The molecule has 2 rings (SSSR count). The highest BCUT2D eigenvalue weighted by molar-refractivity contribution is 5.42. The highest BCUT2D eigenvalue weighted by Crippen LogP contribution is 2.33. The van der Waals surface area contributed by atoms with Crippen LogP contribution >= 0.6 is 0 Å². The lowest BCUT2D eigenvalue weighted by Gasteiger charge is -2.22. The highest BCUT2D eigenvalue weighted by Gasteiger charge is 2.19. The van der Waals surface area contributed by atoms with Crippen molar-refractivity contribution in [3.05, 3.63) is 41.7 Å². The van der Waals surface area contributed by atoms with Crippen molar-refractivity contribution in [3.63, 3.8) is 0 Å². The van der Waals surface area contributed by atoms with Gasteiger partial charge in [-0.3, -0.25) is 0 Å². The molecule has 1 aromatic carbocycles. The second-order valence-corrected chi connectivity index (χ2v) is 5.75. The molecular weight excluding hydrogens is 250 g/mol. The third kappa shape index (κ3) is 3.26. The Labute approximate surface area is 120 Å². The second kappa shape index (κ2) is 5.49. The number of para-hydroxylation sites is 1. The quantitative estimate of drug-likeness (QED) is 0.924. The summed E-state index contributed by atoms with van der Waals surface area (Å²) in [5.74, 6) is 2.42. The van der Waals surface area contributed by atoms with Crippen LogP contribution in [0.3, 0.4) is 0 Å². The van der Waals surface area contributed by atoms with Crippen molar-refractivity contribution in [3.8, 4) is 11.6 Å². The number of aromatic nitrogens is 2. The Kier molecular flexibility index (Phi) is 3.93. The summed E-state index contributed by atoms with van der Waals surface area (Å²) in [5, 5.41) is 0. The number of nitrogens with zero attached hydrogens (tertiary/aromatic N) is 2. The largest absolute Gasteiger partial charge is 0.439 e. The summed E-state index contributed by atoms with van der Waals surface area (Å²) in [7, 11) is 0. The maximum absolute atomic E-state index is 5.93. The van der Waals surface area contributed by atoms with Gasteiger partial charge in [0.1, 0.15) is 17.4 Å². The number of hydrogen-bond donors (Lipinski definition) is 1. The van der Waals surface area contributed by atoms with Crippen LogP contribution in [0.25, 0.3) is 0 Å². The molecule has 2 aromatic rings. The second-order valence-electron chi connectivity index (χ2n) is 5.75. The van der Waals surface area contributed by atoms with Gasteiger partial charge in [0.25, 0.3) is 0 Å². The zero-order chi connectivity index (χ0) is 14.8. The third-order valence-corrected chi connectivity index (χ3v) is 2.99. The van der Waals surface area contributed by atoms with Crippen molar-refractivity contribution in [2.45, 2.75) is 39.5 Å². The first-order chi connectivity index (χ1) is 9.40. The summed E-state index contributed by atoms with van der Waals surface area (Å²) >= 11 is 0. The predicted molar refractivity (Wildman–Crippen MR) is 81.0 cm³/mol. The predicted octanol–water partition coefficient (Wildman–Crippen LogP) is 3.71. The van der Waals surface area contributed by atoms with E-state index in [2.05, 4.69) is 36.8 Å². The van der Waals surface area contributed by atoms with Crippen LogP contribution in [0.5, 0.6) is 11.6 Å². The van der Waals surface area contributed by atoms with Crippen molar-refractivity contribution in [2.24, 2.45) is 0 Å². The van der Waals surface area contributed by atoms with E-state index in [4.69, 9.17) is 10.5 Å². The molecule has 0 saturated carbocycles. The van der Waals surface area contributed by atoms with E-state index in [1.165, 1.54) is 0 Å². The van der Waals surface area contributed by atoms with E-state index in [-0.39, 0.29) is 5.41 Å². The topological polar surface area (TPSA) is 61.0 Å². The summed E-state index contributed by atoms with van der Waals surface area (Å²) in [6, 6.07) is 9.64. The first kappa shape index (κ1) is 14.3. The number of nitrogens with two attached hydrogens (primary N) is 1. The van der Waals surface area contributed by atoms with Gasteiger partial charge in [0.2, 0.25) is 5.88 Å². The van der Waals surface area contributed by atoms with Gasteiger partial charge in [-0.2, -0.15) is 4.98 Å². The molecule has 0 amide bonds. The van der Waals surface area contributed by atoms with Gasteiger partial charge in [-0.05, 0) is 11.5 Å². The fourth-order valence-corrected chi connectivity index (χ4v) is 1.99. The van der Waals surface area contributed by atoms with Gasteiger partial charge in [-0.15, -0.1) is 0 Å². The Bertz CT molecular complexity index is 603. The van der Waals surface area contributed by atoms with Crippen LogP contribution in [-0.2, 0) is 11.8 Å². The maximum atomic E-state index is 5.93. The molecule has 0 spiro atoms. The van der Waals surface area contributed by atoms with E-state index in [0.717, 1.165) is 17.7 Å². The molecule has 20 heavy (non-hydrogen) atoms. The highest BCUT2D eigenvalue weighted by atomic mass is 16.5. The number of nitrogen functional groups attached to an aromatic ring is 1. The van der Waals surface area contributed by atoms with Crippen LogP contribution in [0, 0.1) is 0 Å². The minimum atomic E-state index is 0.00273. The zero-order valence-electron chi connectivity index (χ0n) is 12.5. The smallest absolute Gasteiger partial charge is 0.224 e. The number of hydrogen-bond acceptors (Lipinski definition) is 4. The van der Waals surface area contributed by atoms with Crippen molar-refractivity contribution in [1.29, 1.82) is 0 Å². The molecule has 0 aliphatic rings. The Balaban J connectivity index is 2.38. The van der Waals surface area contributed by atoms with Crippen molar-refractivity contribution < 1.29 is 4.74 Å². The Hall–Kier alpha value is -2.10. The van der Waals surface area contributed by atoms with Crippen LogP contribution < -0.4 is 10.5 Å². The number of aryl methyl sites for hydroxylation is 1. The average Bonchev–Trinajstić information content (AvgIpc) is 2.37. The van der Waals surface area contributed by atoms with E-state index in [1.807, 2.05) is 25.1 Å².